The number of anilines is 4. The van der Waals surface area contributed by atoms with Crippen molar-refractivity contribution in [2.45, 2.75) is 57.0 Å². The lowest BCUT2D eigenvalue weighted by atomic mass is 9.78. The van der Waals surface area contributed by atoms with E-state index in [1.807, 2.05) is 54.6 Å². The van der Waals surface area contributed by atoms with Gasteiger partial charge in [-0.05, 0) is 60.7 Å². The summed E-state index contributed by atoms with van der Waals surface area (Å²) in [5.41, 5.74) is 1.09. The normalized spacial score (nSPS) is 19.9. The third-order valence-electron chi connectivity index (χ3n) is 8.36. The molecule has 1 aliphatic carbocycles. The van der Waals surface area contributed by atoms with Crippen molar-refractivity contribution in [2.24, 2.45) is 5.92 Å². The van der Waals surface area contributed by atoms with Gasteiger partial charge in [-0.25, -0.2) is 9.78 Å². The van der Waals surface area contributed by atoms with E-state index in [-0.39, 0.29) is 18.2 Å². The molecular weight excluding hydrogens is 492 g/mol. The van der Waals surface area contributed by atoms with Gasteiger partial charge in [0.2, 0.25) is 0 Å². The maximum Gasteiger partial charge on any atom is 0.326 e. The van der Waals surface area contributed by atoms with Gasteiger partial charge in [-0.15, -0.1) is 0 Å². The highest BCUT2D eigenvalue weighted by atomic mass is 16.4. The highest BCUT2D eigenvalue weighted by molar-refractivity contribution is 5.93. The summed E-state index contributed by atoms with van der Waals surface area (Å²) < 4.78 is 0. The van der Waals surface area contributed by atoms with E-state index in [9.17, 15) is 19.5 Å². The summed E-state index contributed by atoms with van der Waals surface area (Å²) in [5, 5.41) is 18.4. The number of piperidine rings is 1. The van der Waals surface area contributed by atoms with Crippen molar-refractivity contribution >= 4 is 39.6 Å². The fourth-order valence-electron chi connectivity index (χ4n) is 6.38. The van der Waals surface area contributed by atoms with Crippen LogP contribution in [0.1, 0.15) is 44.1 Å². The Bertz CT molecular complexity index is 1570. The molecule has 39 heavy (non-hydrogen) atoms. The molecule has 1 saturated heterocycles. The molecule has 1 aliphatic heterocycles. The van der Waals surface area contributed by atoms with Crippen LogP contribution in [0.15, 0.2) is 70.4 Å². The van der Waals surface area contributed by atoms with Crippen LogP contribution in [0.25, 0.3) is 10.8 Å². The molecule has 0 spiro atoms. The van der Waals surface area contributed by atoms with Crippen LogP contribution in [0.4, 0.5) is 22.9 Å². The van der Waals surface area contributed by atoms with Gasteiger partial charge in [0.05, 0.1) is 0 Å². The van der Waals surface area contributed by atoms with E-state index in [4.69, 9.17) is 0 Å². The maximum absolute atomic E-state index is 12.7. The highest BCUT2D eigenvalue weighted by Crippen LogP contribution is 2.39. The number of carboxylic acid groups (broad SMARTS) is 1. The van der Waals surface area contributed by atoms with E-state index in [1.165, 1.54) is 6.42 Å². The first-order chi connectivity index (χ1) is 19.0. The average Bonchev–Trinajstić information content (AvgIpc) is 2.97. The third kappa shape index (κ3) is 4.87. The zero-order valence-corrected chi connectivity index (χ0v) is 21.7. The van der Waals surface area contributed by atoms with Gasteiger partial charge in [0.25, 0.3) is 10.9 Å². The van der Waals surface area contributed by atoms with E-state index >= 15 is 0 Å². The first-order valence-corrected chi connectivity index (χ1v) is 13.8. The Hall–Kier alpha value is -4.20. The summed E-state index contributed by atoms with van der Waals surface area (Å²) >= 11 is 0. The van der Waals surface area contributed by atoms with Crippen LogP contribution in [0.5, 0.6) is 0 Å². The van der Waals surface area contributed by atoms with Crippen LogP contribution in [0.3, 0.4) is 0 Å². The van der Waals surface area contributed by atoms with Crippen LogP contribution in [0, 0.1) is 5.92 Å². The summed E-state index contributed by atoms with van der Waals surface area (Å²) in [6, 6.07) is 16.7. The minimum absolute atomic E-state index is 0.166. The van der Waals surface area contributed by atoms with Crippen molar-refractivity contribution in [1.29, 1.82) is 0 Å². The number of nitrogens with zero attached hydrogens (tertiary/aromatic N) is 2. The number of carboxylic acids is 1. The standard InChI is InChI=1S/C31H32N4O4/c36-28-26(27(29(28)37)35-17-5-8-21-7-2-4-10-25(21)35)34-24(31(38)39)18-19-11-13-22(14-12-19)33-30-23-9-3-1-6-20(23)15-16-32-30/h1,3,6,9,11-16,21,24-25,34H,2,4-5,7-8,10,17-18H2,(H,32,33)(H,38,39). The Kier molecular flexibility index (Phi) is 6.77. The summed E-state index contributed by atoms with van der Waals surface area (Å²) in [6.07, 6.45) is 8.56. The molecule has 3 unspecified atom stereocenters. The van der Waals surface area contributed by atoms with Crippen molar-refractivity contribution in [3.8, 4) is 0 Å². The van der Waals surface area contributed by atoms with E-state index in [0.717, 1.165) is 66.5 Å². The predicted molar refractivity (Wildman–Crippen MR) is 154 cm³/mol. The molecule has 0 bridgehead atoms. The molecule has 1 saturated carbocycles. The van der Waals surface area contributed by atoms with E-state index in [0.29, 0.717) is 11.6 Å². The van der Waals surface area contributed by atoms with Gasteiger partial charge in [-0.2, -0.15) is 0 Å². The molecule has 200 valence electrons. The van der Waals surface area contributed by atoms with Crippen molar-refractivity contribution < 1.29 is 9.90 Å². The second-order valence-corrected chi connectivity index (χ2v) is 10.8. The van der Waals surface area contributed by atoms with Crippen LogP contribution in [-0.4, -0.2) is 34.7 Å². The van der Waals surface area contributed by atoms with Crippen LogP contribution in [-0.2, 0) is 11.2 Å². The molecule has 3 N–H and O–H groups in total. The molecule has 3 aromatic carbocycles. The Morgan fingerprint density at radius 2 is 1.74 bits per heavy atom. The number of aliphatic carboxylic acids is 1. The Balaban J connectivity index is 1.18. The summed E-state index contributed by atoms with van der Waals surface area (Å²) in [5.74, 6) is 0.220. The quantitative estimate of drug-likeness (QED) is 0.281. The summed E-state index contributed by atoms with van der Waals surface area (Å²) in [6.45, 7) is 0.735. The van der Waals surface area contributed by atoms with Gasteiger partial charge in [0, 0.05) is 36.3 Å². The van der Waals surface area contributed by atoms with Crippen molar-refractivity contribution in [3.05, 3.63) is 86.8 Å². The Labute approximate surface area is 226 Å². The van der Waals surface area contributed by atoms with Crippen molar-refractivity contribution in [1.82, 2.24) is 4.98 Å². The van der Waals surface area contributed by atoms with Gasteiger partial charge in [-0.3, -0.25) is 9.59 Å². The molecular formula is C31H32N4O4. The lowest BCUT2D eigenvalue weighted by molar-refractivity contribution is -0.137. The lowest BCUT2D eigenvalue weighted by Gasteiger charge is -2.46. The second kappa shape index (κ2) is 10.5. The van der Waals surface area contributed by atoms with Gasteiger partial charge in [-0.1, -0.05) is 49.2 Å². The van der Waals surface area contributed by atoms with Crippen molar-refractivity contribution in [3.63, 3.8) is 0 Å². The molecule has 8 heteroatoms. The van der Waals surface area contributed by atoms with Gasteiger partial charge >= 0.3 is 5.97 Å². The monoisotopic (exact) mass is 524 g/mol. The number of hydrogen-bond acceptors (Lipinski definition) is 7. The maximum atomic E-state index is 12.7. The predicted octanol–water partition coefficient (Wildman–Crippen LogP) is 4.84. The molecule has 4 aromatic rings. The summed E-state index contributed by atoms with van der Waals surface area (Å²) in [7, 11) is 0. The molecule has 6 rings (SSSR count). The van der Waals surface area contributed by atoms with Gasteiger partial charge in [0.1, 0.15) is 23.2 Å². The van der Waals surface area contributed by atoms with E-state index in [2.05, 4.69) is 20.5 Å². The number of pyridine rings is 1. The second-order valence-electron chi connectivity index (χ2n) is 10.8. The fraction of sp³-hybridized carbons (Fsp3) is 0.355. The smallest absolute Gasteiger partial charge is 0.326 e. The van der Waals surface area contributed by atoms with Gasteiger partial charge in [0.15, 0.2) is 0 Å². The molecule has 0 radical (unpaired) electrons. The topological polar surface area (TPSA) is 112 Å². The zero-order valence-electron chi connectivity index (χ0n) is 21.7. The largest absolute Gasteiger partial charge is 0.480 e. The van der Waals surface area contributed by atoms with Gasteiger partial charge < -0.3 is 20.6 Å². The molecule has 2 heterocycles. The Morgan fingerprint density at radius 3 is 2.56 bits per heavy atom. The molecule has 2 fully saturated rings. The van der Waals surface area contributed by atoms with Crippen molar-refractivity contribution in [2.75, 3.05) is 22.1 Å². The minimum Gasteiger partial charge on any atom is -0.480 e. The molecule has 0 amide bonds. The number of carbonyl (C=O) groups is 1. The molecule has 1 aromatic heterocycles. The highest BCUT2D eigenvalue weighted by Gasteiger charge is 2.38. The number of rotatable bonds is 8. The van der Waals surface area contributed by atoms with Crippen LogP contribution >= 0.6 is 0 Å². The molecule has 8 nitrogen and oxygen atoms in total. The summed E-state index contributed by atoms with van der Waals surface area (Å²) in [4.78, 5) is 44.0. The zero-order chi connectivity index (χ0) is 26.9. The molecule has 2 aliphatic rings. The Morgan fingerprint density at radius 1 is 0.974 bits per heavy atom. The minimum atomic E-state index is -1.06. The van der Waals surface area contributed by atoms with E-state index < -0.39 is 22.9 Å². The first kappa shape index (κ1) is 25.1. The van der Waals surface area contributed by atoms with Crippen LogP contribution < -0.4 is 26.4 Å². The number of aromatic nitrogens is 1. The number of fused-ring (bicyclic) bond motifs is 2. The molecule has 3 atom stereocenters. The fourth-order valence-corrected chi connectivity index (χ4v) is 6.38. The average molecular weight is 525 g/mol. The third-order valence-corrected chi connectivity index (χ3v) is 8.36. The lowest BCUT2D eigenvalue weighted by Crippen LogP contribution is -2.53. The van der Waals surface area contributed by atoms with E-state index in [1.54, 1.807) is 6.20 Å². The number of nitrogens with one attached hydrogen (secondary N) is 2. The first-order valence-electron chi connectivity index (χ1n) is 13.8. The number of benzene rings is 2. The van der Waals surface area contributed by atoms with Crippen LogP contribution in [0.2, 0.25) is 0 Å². The SMILES string of the molecule is O=C(O)C(Cc1ccc(Nc2nccc3ccccc23)cc1)Nc1c(N2CCCC3CCCCC32)c(=O)c1=O. The number of hydrogen-bond donors (Lipinski definition) is 3.